The Balaban J connectivity index is 3.21. The molecule has 0 saturated heterocycles. The number of carboxylic acid groups (broad SMARTS) is 1. The lowest BCUT2D eigenvalue weighted by Gasteiger charge is -2.09. The Kier molecular flexibility index (Phi) is 14.4. The van der Waals surface area contributed by atoms with Crippen LogP contribution < -0.4 is 0 Å². The fraction of sp³-hybridized carbons (Fsp3) is 0.833. The normalized spacial score (nSPS) is 12.3. The van der Waals surface area contributed by atoms with E-state index in [2.05, 4.69) is 6.58 Å². The van der Waals surface area contributed by atoms with Gasteiger partial charge in [0.15, 0.2) is 0 Å². The van der Waals surface area contributed by atoms with E-state index in [1.165, 1.54) is 44.9 Å². The number of aliphatic hydroxyl groups is 2. The second kappa shape index (κ2) is 15.0. The van der Waals surface area contributed by atoms with Crippen LogP contribution in [0.2, 0.25) is 0 Å². The summed E-state index contributed by atoms with van der Waals surface area (Å²) in [5.41, 5.74) is -0.0982. The van der Waals surface area contributed by atoms with Gasteiger partial charge in [0.2, 0.25) is 0 Å². The summed E-state index contributed by atoms with van der Waals surface area (Å²) in [6, 6.07) is 0. The van der Waals surface area contributed by atoms with Crippen molar-refractivity contribution in [1.82, 2.24) is 0 Å². The summed E-state index contributed by atoms with van der Waals surface area (Å²) in [6.45, 7) is 3.69. The van der Waals surface area contributed by atoms with Crippen LogP contribution in [0, 0.1) is 0 Å². The summed E-state index contributed by atoms with van der Waals surface area (Å²) in [5.74, 6) is -1.11. The van der Waals surface area contributed by atoms with E-state index in [4.69, 9.17) is 10.2 Å². The van der Waals surface area contributed by atoms with Gasteiger partial charge in [-0.1, -0.05) is 77.2 Å². The maximum Gasteiger partial charge on any atom is 0.333 e. The van der Waals surface area contributed by atoms with Gasteiger partial charge in [-0.25, -0.2) is 4.79 Å². The average molecular weight is 314 g/mol. The van der Waals surface area contributed by atoms with E-state index < -0.39 is 12.1 Å². The van der Waals surface area contributed by atoms with Gasteiger partial charge in [-0.05, 0) is 12.8 Å². The summed E-state index contributed by atoms with van der Waals surface area (Å²) < 4.78 is 0. The molecule has 0 aliphatic heterocycles. The molecule has 130 valence electrons. The highest BCUT2D eigenvalue weighted by atomic mass is 16.4. The van der Waals surface area contributed by atoms with Gasteiger partial charge in [0.25, 0.3) is 0 Å². The molecular formula is C18H34O4. The second-order valence-corrected chi connectivity index (χ2v) is 6.10. The zero-order chi connectivity index (χ0) is 16.6. The molecule has 1 unspecified atom stereocenters. The molecule has 0 amide bonds. The quantitative estimate of drug-likeness (QED) is 0.297. The minimum Gasteiger partial charge on any atom is -0.478 e. The third-order valence-corrected chi connectivity index (χ3v) is 4.06. The first-order valence-corrected chi connectivity index (χ1v) is 8.80. The van der Waals surface area contributed by atoms with E-state index in [1.807, 2.05) is 0 Å². The molecule has 0 aromatic rings. The topological polar surface area (TPSA) is 77.8 Å². The molecule has 4 nitrogen and oxygen atoms in total. The minimum absolute atomic E-state index is 0.0982. The summed E-state index contributed by atoms with van der Waals surface area (Å²) in [4.78, 5) is 10.6. The first-order valence-electron chi connectivity index (χ1n) is 8.80. The summed E-state index contributed by atoms with van der Waals surface area (Å²) in [6.07, 6.45) is 13.7. The summed E-state index contributed by atoms with van der Waals surface area (Å²) in [5, 5.41) is 26.9. The predicted molar refractivity (Wildman–Crippen MR) is 89.9 cm³/mol. The monoisotopic (exact) mass is 314 g/mol. The first kappa shape index (κ1) is 21.1. The van der Waals surface area contributed by atoms with Crippen LogP contribution in [0.15, 0.2) is 12.2 Å². The van der Waals surface area contributed by atoms with Crippen molar-refractivity contribution in [3.63, 3.8) is 0 Å². The Morgan fingerprint density at radius 2 is 1.14 bits per heavy atom. The Bertz CT molecular complexity index is 289. The molecule has 0 rings (SSSR count). The maximum atomic E-state index is 10.6. The van der Waals surface area contributed by atoms with Crippen LogP contribution in [0.25, 0.3) is 0 Å². The predicted octanol–water partition coefficient (Wildman–Crippen LogP) is 4.05. The maximum absolute atomic E-state index is 10.6. The molecule has 0 saturated carbocycles. The van der Waals surface area contributed by atoms with Crippen molar-refractivity contribution < 1.29 is 20.1 Å². The van der Waals surface area contributed by atoms with Crippen molar-refractivity contribution in [3.8, 4) is 0 Å². The van der Waals surface area contributed by atoms with Gasteiger partial charge in [0.1, 0.15) is 0 Å². The Hall–Kier alpha value is -0.870. The molecule has 0 radical (unpaired) electrons. The SMILES string of the molecule is C=C(C(=O)O)C(O)CCCCCCCCCCCCCCO. The van der Waals surface area contributed by atoms with Gasteiger partial charge in [-0.2, -0.15) is 0 Å². The molecule has 3 N–H and O–H groups in total. The van der Waals surface area contributed by atoms with Gasteiger partial charge in [-0.3, -0.25) is 0 Å². The molecule has 0 aliphatic carbocycles. The van der Waals surface area contributed by atoms with E-state index in [0.29, 0.717) is 13.0 Å². The fourth-order valence-electron chi connectivity index (χ4n) is 2.53. The molecule has 0 bridgehead atoms. The van der Waals surface area contributed by atoms with Crippen LogP contribution in [0.1, 0.15) is 83.5 Å². The van der Waals surface area contributed by atoms with E-state index in [-0.39, 0.29) is 5.57 Å². The molecule has 1 atom stereocenters. The number of aliphatic carboxylic acids is 1. The highest BCUT2D eigenvalue weighted by molar-refractivity contribution is 5.86. The average Bonchev–Trinajstić information content (AvgIpc) is 2.50. The molecule has 4 heteroatoms. The molecule has 22 heavy (non-hydrogen) atoms. The molecule has 0 aromatic carbocycles. The third-order valence-electron chi connectivity index (χ3n) is 4.06. The van der Waals surface area contributed by atoms with Crippen molar-refractivity contribution in [1.29, 1.82) is 0 Å². The molecule has 0 aromatic heterocycles. The highest BCUT2D eigenvalue weighted by Gasteiger charge is 2.14. The highest BCUT2D eigenvalue weighted by Crippen LogP contribution is 2.14. The number of rotatable bonds is 16. The Labute approximate surface area is 135 Å². The van der Waals surface area contributed by atoms with Crippen LogP contribution >= 0.6 is 0 Å². The van der Waals surface area contributed by atoms with Crippen LogP contribution in [0.5, 0.6) is 0 Å². The molecule has 0 spiro atoms. The number of carbonyl (C=O) groups is 1. The Morgan fingerprint density at radius 1 is 0.773 bits per heavy atom. The van der Waals surface area contributed by atoms with Crippen molar-refractivity contribution in [2.45, 2.75) is 89.6 Å². The third kappa shape index (κ3) is 12.8. The lowest BCUT2D eigenvalue weighted by molar-refractivity contribution is -0.133. The van der Waals surface area contributed by atoms with Crippen LogP contribution in [-0.4, -0.2) is 34.0 Å². The molecule has 0 fully saturated rings. The van der Waals surface area contributed by atoms with E-state index in [9.17, 15) is 9.90 Å². The van der Waals surface area contributed by atoms with Crippen molar-refractivity contribution in [2.75, 3.05) is 6.61 Å². The zero-order valence-corrected chi connectivity index (χ0v) is 13.9. The van der Waals surface area contributed by atoms with Crippen molar-refractivity contribution in [3.05, 3.63) is 12.2 Å². The fourth-order valence-corrected chi connectivity index (χ4v) is 2.53. The zero-order valence-electron chi connectivity index (χ0n) is 13.9. The molecular weight excluding hydrogens is 280 g/mol. The van der Waals surface area contributed by atoms with Crippen LogP contribution in [-0.2, 0) is 4.79 Å². The van der Waals surface area contributed by atoms with Crippen LogP contribution in [0.3, 0.4) is 0 Å². The summed E-state index contributed by atoms with van der Waals surface area (Å²) in [7, 11) is 0. The number of aliphatic hydroxyl groups excluding tert-OH is 2. The van der Waals surface area contributed by atoms with Gasteiger partial charge < -0.3 is 15.3 Å². The summed E-state index contributed by atoms with van der Waals surface area (Å²) >= 11 is 0. The number of unbranched alkanes of at least 4 members (excludes halogenated alkanes) is 11. The van der Waals surface area contributed by atoms with E-state index in [0.717, 1.165) is 32.1 Å². The lowest BCUT2D eigenvalue weighted by atomic mass is 10.0. The largest absolute Gasteiger partial charge is 0.478 e. The van der Waals surface area contributed by atoms with E-state index >= 15 is 0 Å². The molecule has 0 heterocycles. The minimum atomic E-state index is -1.11. The Morgan fingerprint density at radius 3 is 1.50 bits per heavy atom. The lowest BCUT2D eigenvalue weighted by Crippen LogP contribution is -2.16. The number of carboxylic acids is 1. The number of hydrogen-bond acceptors (Lipinski definition) is 3. The second-order valence-electron chi connectivity index (χ2n) is 6.10. The molecule has 0 aliphatic rings. The smallest absolute Gasteiger partial charge is 0.333 e. The standard InChI is InChI=1S/C18H34O4/c1-16(18(21)22)17(20)14-12-10-8-6-4-2-3-5-7-9-11-13-15-19/h17,19-20H,1-15H2,(H,21,22). The first-order chi connectivity index (χ1) is 10.6. The van der Waals surface area contributed by atoms with Gasteiger partial charge in [0.05, 0.1) is 11.7 Å². The van der Waals surface area contributed by atoms with Crippen LogP contribution in [0.4, 0.5) is 0 Å². The van der Waals surface area contributed by atoms with Crippen molar-refractivity contribution >= 4 is 5.97 Å². The van der Waals surface area contributed by atoms with Crippen molar-refractivity contribution in [2.24, 2.45) is 0 Å². The van der Waals surface area contributed by atoms with Gasteiger partial charge in [-0.15, -0.1) is 0 Å². The van der Waals surface area contributed by atoms with Gasteiger partial charge >= 0.3 is 5.97 Å². The van der Waals surface area contributed by atoms with Gasteiger partial charge in [0, 0.05) is 6.61 Å². The number of hydrogen-bond donors (Lipinski definition) is 3. The van der Waals surface area contributed by atoms with E-state index in [1.54, 1.807) is 0 Å².